The Morgan fingerprint density at radius 2 is 2.20 bits per heavy atom. The molecule has 1 atom stereocenters. The molecule has 4 heteroatoms. The standard InChI is InChI=1S/C11H14BrNOS/c12-9-1-3-11(4-2-9)15-8-10-7-13-5-6-14-10/h1-4,10,13H,5-8H2/t10-/m0/s1. The molecule has 0 saturated carbocycles. The fraction of sp³-hybridized carbons (Fsp3) is 0.455. The molecule has 0 radical (unpaired) electrons. The zero-order valence-electron chi connectivity index (χ0n) is 8.41. The quantitative estimate of drug-likeness (QED) is 0.864. The molecule has 0 bridgehead atoms. The number of halogens is 1. The first-order valence-corrected chi connectivity index (χ1v) is 6.83. The van der Waals surface area contributed by atoms with E-state index in [4.69, 9.17) is 4.74 Å². The van der Waals surface area contributed by atoms with Crippen LogP contribution >= 0.6 is 27.7 Å². The van der Waals surface area contributed by atoms with E-state index < -0.39 is 0 Å². The molecule has 2 rings (SSSR count). The second-order valence-electron chi connectivity index (χ2n) is 3.46. The summed E-state index contributed by atoms with van der Waals surface area (Å²) >= 11 is 5.28. The summed E-state index contributed by atoms with van der Waals surface area (Å²) in [7, 11) is 0. The molecule has 1 fully saturated rings. The van der Waals surface area contributed by atoms with Crippen molar-refractivity contribution in [3.8, 4) is 0 Å². The predicted octanol–water partition coefficient (Wildman–Crippen LogP) is 2.53. The summed E-state index contributed by atoms with van der Waals surface area (Å²) in [6, 6.07) is 8.40. The highest BCUT2D eigenvalue weighted by atomic mass is 79.9. The fourth-order valence-electron chi connectivity index (χ4n) is 1.45. The highest BCUT2D eigenvalue weighted by Gasteiger charge is 2.13. The lowest BCUT2D eigenvalue weighted by Gasteiger charge is -2.23. The van der Waals surface area contributed by atoms with Gasteiger partial charge in [0.2, 0.25) is 0 Å². The Labute approximate surface area is 103 Å². The second-order valence-corrected chi connectivity index (χ2v) is 5.47. The third-order valence-electron chi connectivity index (χ3n) is 2.25. The Hall–Kier alpha value is -0.0300. The molecule has 0 spiro atoms. The highest BCUT2D eigenvalue weighted by Crippen LogP contribution is 2.22. The summed E-state index contributed by atoms with van der Waals surface area (Å²) in [6.45, 7) is 2.80. The van der Waals surface area contributed by atoms with Crippen LogP contribution in [0.5, 0.6) is 0 Å². The molecule has 1 heterocycles. The molecule has 0 aliphatic carbocycles. The van der Waals surface area contributed by atoms with Crippen LogP contribution in [0.25, 0.3) is 0 Å². The van der Waals surface area contributed by atoms with Crippen LogP contribution in [0.1, 0.15) is 0 Å². The maximum absolute atomic E-state index is 5.63. The van der Waals surface area contributed by atoms with Crippen molar-refractivity contribution in [1.29, 1.82) is 0 Å². The maximum Gasteiger partial charge on any atom is 0.0793 e. The number of hydrogen-bond donors (Lipinski definition) is 1. The van der Waals surface area contributed by atoms with Crippen LogP contribution in [0.3, 0.4) is 0 Å². The average Bonchev–Trinajstić information content (AvgIpc) is 2.30. The van der Waals surface area contributed by atoms with E-state index in [-0.39, 0.29) is 0 Å². The van der Waals surface area contributed by atoms with E-state index in [1.807, 2.05) is 11.8 Å². The number of nitrogens with one attached hydrogen (secondary N) is 1. The lowest BCUT2D eigenvalue weighted by Crippen LogP contribution is -2.39. The van der Waals surface area contributed by atoms with Gasteiger partial charge in [0.1, 0.15) is 0 Å². The molecule has 1 aliphatic heterocycles. The highest BCUT2D eigenvalue weighted by molar-refractivity contribution is 9.10. The largest absolute Gasteiger partial charge is 0.375 e. The van der Waals surface area contributed by atoms with E-state index >= 15 is 0 Å². The van der Waals surface area contributed by atoms with E-state index in [2.05, 4.69) is 45.5 Å². The molecule has 0 amide bonds. The van der Waals surface area contributed by atoms with Gasteiger partial charge in [0.15, 0.2) is 0 Å². The number of ether oxygens (including phenoxy) is 1. The van der Waals surface area contributed by atoms with Crippen molar-refractivity contribution in [2.75, 3.05) is 25.4 Å². The first kappa shape index (κ1) is 11.5. The fourth-order valence-corrected chi connectivity index (χ4v) is 2.63. The lowest BCUT2D eigenvalue weighted by molar-refractivity contribution is 0.0441. The number of hydrogen-bond acceptors (Lipinski definition) is 3. The Morgan fingerprint density at radius 3 is 2.87 bits per heavy atom. The summed E-state index contributed by atoms with van der Waals surface area (Å²) in [5.41, 5.74) is 0. The predicted molar refractivity (Wildman–Crippen MR) is 67.5 cm³/mol. The van der Waals surface area contributed by atoms with Crippen LogP contribution in [0.15, 0.2) is 33.6 Å². The third-order valence-corrected chi connectivity index (χ3v) is 3.93. The molecule has 1 saturated heterocycles. The Morgan fingerprint density at radius 1 is 1.40 bits per heavy atom. The van der Waals surface area contributed by atoms with Crippen LogP contribution in [0, 0.1) is 0 Å². The molecule has 0 aromatic heterocycles. The summed E-state index contributed by atoms with van der Waals surface area (Å²) in [5, 5.41) is 3.33. The second kappa shape index (κ2) is 5.89. The van der Waals surface area contributed by atoms with E-state index in [1.54, 1.807) is 0 Å². The van der Waals surface area contributed by atoms with Gasteiger partial charge in [-0.15, -0.1) is 11.8 Å². The Bertz CT molecular complexity index is 298. The zero-order chi connectivity index (χ0) is 10.5. The molecule has 1 aliphatic rings. The first-order valence-electron chi connectivity index (χ1n) is 5.05. The van der Waals surface area contributed by atoms with Crippen molar-refractivity contribution in [2.45, 2.75) is 11.0 Å². The summed E-state index contributed by atoms with van der Waals surface area (Å²) in [4.78, 5) is 1.30. The van der Waals surface area contributed by atoms with Crippen LogP contribution in [-0.4, -0.2) is 31.6 Å². The monoisotopic (exact) mass is 287 g/mol. The normalized spacial score (nSPS) is 21.5. The number of thioether (sulfide) groups is 1. The molecular formula is C11H14BrNOS. The molecule has 1 N–H and O–H groups in total. The van der Waals surface area contributed by atoms with Gasteiger partial charge in [0, 0.05) is 28.2 Å². The molecule has 1 aromatic rings. The van der Waals surface area contributed by atoms with Gasteiger partial charge < -0.3 is 10.1 Å². The molecular weight excluding hydrogens is 274 g/mol. The van der Waals surface area contributed by atoms with Gasteiger partial charge in [-0.1, -0.05) is 15.9 Å². The molecule has 82 valence electrons. The van der Waals surface area contributed by atoms with Crippen molar-refractivity contribution in [1.82, 2.24) is 5.32 Å². The smallest absolute Gasteiger partial charge is 0.0793 e. The number of benzene rings is 1. The van der Waals surface area contributed by atoms with Crippen LogP contribution < -0.4 is 5.32 Å². The third kappa shape index (κ3) is 3.79. The maximum atomic E-state index is 5.63. The topological polar surface area (TPSA) is 21.3 Å². The SMILES string of the molecule is Brc1ccc(SC[C@@H]2CNCCO2)cc1. The Balaban J connectivity index is 1.79. The molecule has 15 heavy (non-hydrogen) atoms. The minimum Gasteiger partial charge on any atom is -0.375 e. The van der Waals surface area contributed by atoms with Crippen molar-refractivity contribution in [3.05, 3.63) is 28.7 Å². The van der Waals surface area contributed by atoms with Crippen LogP contribution in [-0.2, 0) is 4.74 Å². The molecule has 0 unspecified atom stereocenters. The summed E-state index contributed by atoms with van der Waals surface area (Å²) in [5.74, 6) is 1.02. The van der Waals surface area contributed by atoms with Gasteiger partial charge in [0.05, 0.1) is 12.7 Å². The lowest BCUT2D eigenvalue weighted by atomic mass is 10.3. The van der Waals surface area contributed by atoms with Gasteiger partial charge in [0.25, 0.3) is 0 Å². The van der Waals surface area contributed by atoms with Crippen molar-refractivity contribution >= 4 is 27.7 Å². The van der Waals surface area contributed by atoms with E-state index in [0.717, 1.165) is 29.9 Å². The van der Waals surface area contributed by atoms with E-state index in [0.29, 0.717) is 6.10 Å². The minimum atomic E-state index is 0.354. The molecule has 2 nitrogen and oxygen atoms in total. The van der Waals surface area contributed by atoms with Gasteiger partial charge in [-0.2, -0.15) is 0 Å². The first-order chi connectivity index (χ1) is 7.34. The summed E-state index contributed by atoms with van der Waals surface area (Å²) < 4.78 is 6.76. The van der Waals surface area contributed by atoms with Gasteiger partial charge in [-0.25, -0.2) is 0 Å². The van der Waals surface area contributed by atoms with Crippen molar-refractivity contribution in [2.24, 2.45) is 0 Å². The average molecular weight is 288 g/mol. The van der Waals surface area contributed by atoms with Crippen molar-refractivity contribution < 1.29 is 4.74 Å². The summed E-state index contributed by atoms with van der Waals surface area (Å²) in [6.07, 6.45) is 0.354. The van der Waals surface area contributed by atoms with E-state index in [9.17, 15) is 0 Å². The number of rotatable bonds is 3. The van der Waals surface area contributed by atoms with Gasteiger partial charge in [-0.3, -0.25) is 0 Å². The molecule has 1 aromatic carbocycles. The van der Waals surface area contributed by atoms with Crippen LogP contribution in [0.2, 0.25) is 0 Å². The minimum absolute atomic E-state index is 0.354. The van der Waals surface area contributed by atoms with Gasteiger partial charge in [-0.05, 0) is 24.3 Å². The number of morpholine rings is 1. The van der Waals surface area contributed by atoms with E-state index in [1.165, 1.54) is 4.90 Å². The van der Waals surface area contributed by atoms with Gasteiger partial charge >= 0.3 is 0 Å². The van der Waals surface area contributed by atoms with Crippen LogP contribution in [0.4, 0.5) is 0 Å². The zero-order valence-corrected chi connectivity index (χ0v) is 10.8. The van der Waals surface area contributed by atoms with Crippen molar-refractivity contribution in [3.63, 3.8) is 0 Å². The Kier molecular flexibility index (Phi) is 4.50.